The fraction of sp³-hybridized carbons (Fsp3) is 0.418. The highest BCUT2D eigenvalue weighted by molar-refractivity contribution is 6.00. The average molecular weight is 1460 g/mol. The maximum Gasteiger partial charge on any atom is 0.243 e. The Kier molecular flexibility index (Phi) is 31.7. The SMILES string of the molecule is NC(=O)CC[C@H](NC(=O)[C@H](Cc1c[nH]c2ccccc12)NC(=O)[C@H](Cc1c[nH]c2ccccc12)NC(=O)[C@H](CCCN=C(N)N)NC(=O)[C@H](CCCN=C(N)N)NC(=O)[C@H](Cc1c[nH]c2ccccc12)NC(=O)[C@H](CCC(N)=O)NC(=O)[C@@H](N)CCCN=C(N)N)C(=O)N[C@@H](CCCN=C(N)N)C(N)=O. The van der Waals surface area contributed by atoms with E-state index in [0.717, 1.165) is 0 Å². The third kappa shape index (κ3) is 26.8. The number of aromatic amines is 3. The van der Waals surface area contributed by atoms with Crippen molar-refractivity contribution in [2.75, 3.05) is 26.2 Å². The molecule has 0 unspecified atom stereocenters. The van der Waals surface area contributed by atoms with Gasteiger partial charge in [-0.05, 0) is 99.1 Å². The van der Waals surface area contributed by atoms with Crippen LogP contribution in [0.15, 0.2) is 111 Å². The van der Waals surface area contributed by atoms with Gasteiger partial charge in [0.1, 0.15) is 48.3 Å². The van der Waals surface area contributed by atoms with E-state index in [4.69, 9.17) is 68.8 Å². The van der Waals surface area contributed by atoms with Crippen LogP contribution in [0.4, 0.5) is 0 Å². The van der Waals surface area contributed by atoms with Crippen molar-refractivity contribution in [3.8, 4) is 0 Å². The molecule has 0 aliphatic heterocycles. The first kappa shape index (κ1) is 81.5. The Hall–Kier alpha value is -12.5. The average Bonchev–Trinajstić information content (AvgIpc) is 1.59. The number of carbonyl (C=O) groups is 11. The van der Waals surface area contributed by atoms with Crippen LogP contribution in [0.1, 0.15) is 93.7 Å². The molecule has 6 aromatic rings. The highest BCUT2D eigenvalue weighted by atomic mass is 16.2. The molecule has 0 radical (unpaired) electrons. The fourth-order valence-electron chi connectivity index (χ4n) is 11.5. The van der Waals surface area contributed by atoms with E-state index >= 15 is 19.2 Å². The molecular formula is C67H97N27O11. The number of rotatable bonds is 45. The summed E-state index contributed by atoms with van der Waals surface area (Å²) < 4.78 is 0. The Balaban J connectivity index is 1.36. The Labute approximate surface area is 603 Å². The lowest BCUT2D eigenvalue weighted by Gasteiger charge is -2.28. The molecule has 38 heteroatoms. The summed E-state index contributed by atoms with van der Waals surface area (Å²) in [5.74, 6) is -10.9. The molecule has 3 heterocycles. The second-order valence-corrected chi connectivity index (χ2v) is 25.0. The van der Waals surface area contributed by atoms with Crippen LogP contribution in [-0.2, 0) is 72.0 Å². The van der Waals surface area contributed by atoms with Gasteiger partial charge in [0.15, 0.2) is 23.8 Å². The Bertz CT molecular complexity index is 4130. The zero-order valence-electron chi connectivity index (χ0n) is 58.0. The molecule has 6 rings (SSSR count). The molecule has 0 fully saturated rings. The first-order valence-electron chi connectivity index (χ1n) is 34.0. The number of fused-ring (bicyclic) bond motifs is 3. The van der Waals surface area contributed by atoms with Crippen LogP contribution in [0.5, 0.6) is 0 Å². The molecule has 35 N–H and O–H groups in total. The zero-order valence-corrected chi connectivity index (χ0v) is 58.0. The van der Waals surface area contributed by atoms with Gasteiger partial charge in [0.2, 0.25) is 65.0 Å². The normalized spacial score (nSPS) is 13.6. The number of carbonyl (C=O) groups excluding carboxylic acids is 11. The summed E-state index contributed by atoms with van der Waals surface area (Å²) in [5.41, 5.74) is 71.0. The van der Waals surface area contributed by atoms with Crippen LogP contribution in [0.2, 0.25) is 0 Å². The molecule has 11 amide bonds. The maximum absolute atomic E-state index is 15.4. The largest absolute Gasteiger partial charge is 0.370 e. The maximum atomic E-state index is 15.4. The zero-order chi connectivity index (χ0) is 76.7. The minimum atomic E-state index is -1.59. The number of hydrogen-bond acceptors (Lipinski definition) is 16. The number of hydrogen-bond donors (Lipinski definition) is 23. The third-order valence-corrected chi connectivity index (χ3v) is 16.9. The van der Waals surface area contributed by atoms with Crippen molar-refractivity contribution in [3.05, 3.63) is 108 Å². The number of nitrogens with zero attached hydrogens (tertiary/aromatic N) is 4. The standard InChI is InChI=1S/C67H97N27O11/c68-41(14-7-25-80-64(72)73)56(98)88-48(21-23-53(69)95)60(102)93-50(29-35-32-84-42-15-4-1-11-38(35)42)61(103)90-46(19-9-27-82-66(76)77)57(99)89-47(20-10-28-83-67(78)79)58(100)92-52(31-37-34-86-44-17-6-3-13-40(37)44)63(105)94-51(30-36-33-85-43-16-5-2-12-39(36)43)62(104)91-49(22-24-54(70)96)59(101)87-45(55(71)97)18-8-26-81-65(74)75/h1-6,11-13,15-17,32-34,41,45-52,84-86H,7-10,14,18-31,68H2,(H2,69,95)(H2,70,96)(H2,71,97)(H,87,101)(H,88,98)(H,89,99)(H,90,103)(H,91,104)(H,92,100)(H,93,102)(H,94,105)(H4,72,73,80)(H4,74,75,81)(H4,76,77,82)(H4,78,79,83)/t41-,45-,46-,47-,48-,49-,50-,51-,52-/m0/s1. The summed E-state index contributed by atoms with van der Waals surface area (Å²) in [6.07, 6.45) is 2.83. The van der Waals surface area contributed by atoms with Crippen molar-refractivity contribution in [2.45, 2.75) is 151 Å². The van der Waals surface area contributed by atoms with Gasteiger partial charge in [-0.1, -0.05) is 54.6 Å². The fourth-order valence-corrected chi connectivity index (χ4v) is 11.5. The lowest BCUT2D eigenvalue weighted by molar-refractivity contribution is -0.136. The van der Waals surface area contributed by atoms with E-state index in [1.807, 2.05) is 0 Å². The predicted octanol–water partition coefficient (Wildman–Crippen LogP) is -5.41. The van der Waals surface area contributed by atoms with E-state index in [9.17, 15) is 33.6 Å². The molecule has 0 aliphatic rings. The summed E-state index contributed by atoms with van der Waals surface area (Å²) in [6, 6.07) is 7.96. The molecule has 9 atom stereocenters. The van der Waals surface area contributed by atoms with Gasteiger partial charge in [0.05, 0.1) is 6.04 Å². The van der Waals surface area contributed by atoms with E-state index in [2.05, 4.69) is 77.5 Å². The molecule has 3 aromatic carbocycles. The van der Waals surface area contributed by atoms with Gasteiger partial charge in [-0.15, -0.1) is 0 Å². The number of aromatic nitrogens is 3. The van der Waals surface area contributed by atoms with E-state index in [-0.39, 0.29) is 140 Å². The van der Waals surface area contributed by atoms with Crippen LogP contribution >= 0.6 is 0 Å². The van der Waals surface area contributed by atoms with E-state index < -0.39 is 126 Å². The van der Waals surface area contributed by atoms with Gasteiger partial charge in [-0.3, -0.25) is 72.7 Å². The van der Waals surface area contributed by atoms with Crippen molar-refractivity contribution in [3.63, 3.8) is 0 Å². The Morgan fingerprint density at radius 1 is 0.314 bits per heavy atom. The molecule has 0 spiro atoms. The number of nitrogens with two attached hydrogens (primary N) is 12. The van der Waals surface area contributed by atoms with Crippen LogP contribution in [0.25, 0.3) is 32.7 Å². The molecule has 38 nitrogen and oxygen atoms in total. The highest BCUT2D eigenvalue weighted by Gasteiger charge is 2.37. The molecule has 566 valence electrons. The lowest BCUT2D eigenvalue weighted by Crippen LogP contribution is -2.61. The van der Waals surface area contributed by atoms with Crippen molar-refractivity contribution in [2.24, 2.45) is 88.8 Å². The van der Waals surface area contributed by atoms with Crippen molar-refractivity contribution in [1.29, 1.82) is 0 Å². The van der Waals surface area contributed by atoms with Crippen LogP contribution in [-0.4, -0.2) is 184 Å². The van der Waals surface area contributed by atoms with Gasteiger partial charge in [-0.2, -0.15) is 0 Å². The van der Waals surface area contributed by atoms with E-state index in [1.54, 1.807) is 91.4 Å². The second kappa shape index (κ2) is 40.8. The van der Waals surface area contributed by atoms with Gasteiger partial charge < -0.3 is 126 Å². The number of amides is 11. The minimum absolute atomic E-state index is 0.0268. The van der Waals surface area contributed by atoms with Gasteiger partial charge in [0.25, 0.3) is 0 Å². The molecule has 0 saturated heterocycles. The Morgan fingerprint density at radius 2 is 0.562 bits per heavy atom. The Morgan fingerprint density at radius 3 is 0.857 bits per heavy atom. The van der Waals surface area contributed by atoms with Gasteiger partial charge >= 0.3 is 0 Å². The number of H-pyrrole nitrogens is 3. The van der Waals surface area contributed by atoms with Crippen molar-refractivity contribution in [1.82, 2.24) is 57.5 Å². The first-order chi connectivity index (χ1) is 50.1. The van der Waals surface area contributed by atoms with Crippen LogP contribution in [0.3, 0.4) is 0 Å². The quantitative estimate of drug-likeness (QED) is 0.00964. The first-order valence-corrected chi connectivity index (χ1v) is 34.0. The van der Waals surface area contributed by atoms with Crippen molar-refractivity contribution >= 4 is 122 Å². The molecule has 0 saturated carbocycles. The minimum Gasteiger partial charge on any atom is -0.370 e. The number of guanidine groups is 4. The monoisotopic (exact) mass is 1460 g/mol. The summed E-state index contributed by atoms with van der Waals surface area (Å²) in [4.78, 5) is 181. The summed E-state index contributed by atoms with van der Waals surface area (Å²) in [5, 5.41) is 23.5. The number of benzene rings is 3. The van der Waals surface area contributed by atoms with Gasteiger partial charge in [0, 0.05) is 110 Å². The molecular weight excluding hydrogens is 1360 g/mol. The highest BCUT2D eigenvalue weighted by Crippen LogP contribution is 2.23. The van der Waals surface area contributed by atoms with Gasteiger partial charge in [-0.25, -0.2) is 0 Å². The smallest absolute Gasteiger partial charge is 0.243 e. The van der Waals surface area contributed by atoms with E-state index in [1.165, 1.54) is 0 Å². The van der Waals surface area contributed by atoms with Crippen LogP contribution in [0, 0.1) is 0 Å². The number of nitrogens with one attached hydrogen (secondary N) is 11. The topological polar surface area (TPSA) is 693 Å². The molecule has 105 heavy (non-hydrogen) atoms. The number of primary amides is 3. The third-order valence-electron chi connectivity index (χ3n) is 16.9. The molecule has 0 bridgehead atoms. The van der Waals surface area contributed by atoms with E-state index in [0.29, 0.717) is 49.4 Å². The summed E-state index contributed by atoms with van der Waals surface area (Å²) in [7, 11) is 0. The molecule has 3 aromatic heterocycles. The second-order valence-electron chi connectivity index (χ2n) is 25.0. The number of para-hydroxylation sites is 3. The summed E-state index contributed by atoms with van der Waals surface area (Å²) in [6.45, 7) is 0.113. The predicted molar refractivity (Wildman–Crippen MR) is 395 cm³/mol. The molecule has 0 aliphatic carbocycles. The van der Waals surface area contributed by atoms with Crippen molar-refractivity contribution < 1.29 is 52.7 Å². The number of aliphatic imine (C=N–C) groups is 4. The van der Waals surface area contributed by atoms with Crippen LogP contribution < -0.4 is 111 Å². The lowest BCUT2D eigenvalue weighted by atomic mass is 10.00. The summed E-state index contributed by atoms with van der Waals surface area (Å²) >= 11 is 0.